The molecule has 0 bridgehead atoms. The minimum Gasteiger partial charge on any atom is -0.368 e. The third-order valence-electron chi connectivity index (χ3n) is 6.25. The van der Waals surface area contributed by atoms with E-state index in [-0.39, 0.29) is 17.9 Å². The highest BCUT2D eigenvalue weighted by Crippen LogP contribution is 2.27. The van der Waals surface area contributed by atoms with E-state index >= 15 is 0 Å². The van der Waals surface area contributed by atoms with Crippen LogP contribution < -0.4 is 5.32 Å². The molecule has 3 heterocycles. The molecule has 0 spiro atoms. The maximum Gasteiger partial charge on any atom is 0.274 e. The predicted octanol–water partition coefficient (Wildman–Crippen LogP) is 2.60. The van der Waals surface area contributed by atoms with Crippen molar-refractivity contribution in [3.63, 3.8) is 0 Å². The summed E-state index contributed by atoms with van der Waals surface area (Å²) in [6, 6.07) is 5.98. The van der Waals surface area contributed by atoms with Gasteiger partial charge in [-0.3, -0.25) is 14.7 Å². The van der Waals surface area contributed by atoms with E-state index in [9.17, 15) is 9.59 Å². The summed E-state index contributed by atoms with van der Waals surface area (Å²) in [5, 5.41) is 10.4. The number of hydrogen-bond acceptors (Lipinski definition) is 4. The van der Waals surface area contributed by atoms with Crippen LogP contribution in [0.25, 0.3) is 0 Å². The second-order valence-electron chi connectivity index (χ2n) is 8.19. The monoisotopic (exact) mass is 394 g/mol. The van der Waals surface area contributed by atoms with Crippen LogP contribution in [0.4, 0.5) is 5.69 Å². The van der Waals surface area contributed by atoms with E-state index in [1.54, 1.807) is 0 Å². The Bertz CT molecular complexity index is 946. The fraction of sp³-hybridized carbons (Fsp3) is 0.500. The second kappa shape index (κ2) is 7.63. The molecule has 1 aromatic carbocycles. The smallest absolute Gasteiger partial charge is 0.274 e. The molecule has 29 heavy (non-hydrogen) atoms. The van der Waals surface area contributed by atoms with Crippen LogP contribution in [0.5, 0.6) is 0 Å². The highest BCUT2D eigenvalue weighted by atomic mass is 16.5. The Balaban J connectivity index is 1.31. The van der Waals surface area contributed by atoms with Gasteiger partial charge in [-0.25, -0.2) is 0 Å². The number of nitrogens with zero attached hydrogens (tertiary/aromatic N) is 2. The number of aryl methyl sites for hydroxylation is 1. The Kier molecular flexibility index (Phi) is 4.83. The lowest BCUT2D eigenvalue weighted by molar-refractivity contribution is -0.124. The molecule has 0 saturated carbocycles. The van der Waals surface area contributed by atoms with E-state index in [1.165, 1.54) is 5.56 Å². The molecule has 2 N–H and O–H groups in total. The highest BCUT2D eigenvalue weighted by molar-refractivity contribution is 5.95. The van der Waals surface area contributed by atoms with Gasteiger partial charge < -0.3 is 15.0 Å². The summed E-state index contributed by atoms with van der Waals surface area (Å²) in [5.41, 5.74) is 5.88. The predicted molar refractivity (Wildman–Crippen MR) is 108 cm³/mol. The molecule has 2 aromatic rings. The first-order valence-electron chi connectivity index (χ1n) is 10.6. The Morgan fingerprint density at radius 3 is 2.90 bits per heavy atom. The van der Waals surface area contributed by atoms with Crippen LogP contribution in [0.15, 0.2) is 18.2 Å². The number of benzene rings is 1. The molecule has 7 heteroatoms. The first-order valence-corrected chi connectivity index (χ1v) is 10.6. The molecule has 7 nitrogen and oxygen atoms in total. The summed E-state index contributed by atoms with van der Waals surface area (Å²) < 4.78 is 5.46. The van der Waals surface area contributed by atoms with Gasteiger partial charge in [-0.2, -0.15) is 5.10 Å². The third kappa shape index (κ3) is 3.55. The topological polar surface area (TPSA) is 87.3 Å². The molecule has 3 aliphatic rings. The quantitative estimate of drug-likeness (QED) is 0.838. The van der Waals surface area contributed by atoms with Crippen molar-refractivity contribution in [2.24, 2.45) is 0 Å². The maximum absolute atomic E-state index is 13.1. The summed E-state index contributed by atoms with van der Waals surface area (Å²) in [4.78, 5) is 27.3. The summed E-state index contributed by atoms with van der Waals surface area (Å²) in [5.74, 6) is -0.0850. The van der Waals surface area contributed by atoms with E-state index in [2.05, 4.69) is 21.6 Å². The van der Waals surface area contributed by atoms with Gasteiger partial charge in [0.25, 0.3) is 11.8 Å². The number of carbonyl (C=O) groups is 2. The number of ether oxygens (including phenoxy) is 1. The Morgan fingerprint density at radius 1 is 1.14 bits per heavy atom. The Labute approximate surface area is 169 Å². The van der Waals surface area contributed by atoms with Crippen LogP contribution in [0.2, 0.25) is 0 Å². The number of anilines is 1. The number of amides is 2. The zero-order valence-corrected chi connectivity index (χ0v) is 16.5. The van der Waals surface area contributed by atoms with Crippen molar-refractivity contribution < 1.29 is 14.3 Å². The summed E-state index contributed by atoms with van der Waals surface area (Å²) >= 11 is 0. The fourth-order valence-corrected chi connectivity index (χ4v) is 4.62. The van der Waals surface area contributed by atoms with E-state index < -0.39 is 0 Å². The second-order valence-corrected chi connectivity index (χ2v) is 8.19. The first kappa shape index (κ1) is 18.4. The Hall–Kier alpha value is -2.67. The van der Waals surface area contributed by atoms with Gasteiger partial charge >= 0.3 is 0 Å². The molecule has 1 atom stereocenters. The Morgan fingerprint density at radius 2 is 2.03 bits per heavy atom. The molecule has 1 aromatic heterocycles. The van der Waals surface area contributed by atoms with Gasteiger partial charge in [0, 0.05) is 36.6 Å². The lowest BCUT2D eigenvalue weighted by atomic mass is 9.94. The van der Waals surface area contributed by atoms with Gasteiger partial charge in [0.05, 0.1) is 0 Å². The largest absolute Gasteiger partial charge is 0.368 e. The van der Waals surface area contributed by atoms with Crippen molar-refractivity contribution in [3.8, 4) is 0 Å². The average molecular weight is 394 g/mol. The van der Waals surface area contributed by atoms with Gasteiger partial charge in [-0.05, 0) is 68.2 Å². The van der Waals surface area contributed by atoms with Crippen molar-refractivity contribution >= 4 is 17.5 Å². The van der Waals surface area contributed by atoms with Crippen LogP contribution in [-0.4, -0.2) is 46.2 Å². The molecule has 152 valence electrons. The lowest BCUT2D eigenvalue weighted by Crippen LogP contribution is -2.36. The summed E-state index contributed by atoms with van der Waals surface area (Å²) in [7, 11) is 0. The molecule has 0 radical (unpaired) electrons. The van der Waals surface area contributed by atoms with Crippen LogP contribution in [0.1, 0.15) is 58.6 Å². The SMILES string of the molecule is O=C(Nc1ccc2c(c1)CN(C(=O)c1n[nH]c3c1CCCC3)CC2)C1CCCO1. The van der Waals surface area contributed by atoms with Gasteiger partial charge in [0.2, 0.25) is 0 Å². The number of rotatable bonds is 3. The van der Waals surface area contributed by atoms with Gasteiger partial charge in [0.1, 0.15) is 6.10 Å². The number of hydrogen-bond donors (Lipinski definition) is 2. The van der Waals surface area contributed by atoms with Gasteiger partial charge in [-0.15, -0.1) is 0 Å². The van der Waals surface area contributed by atoms with Crippen molar-refractivity contribution in [2.45, 2.75) is 57.6 Å². The van der Waals surface area contributed by atoms with Crippen LogP contribution in [0.3, 0.4) is 0 Å². The van der Waals surface area contributed by atoms with Gasteiger partial charge in [0.15, 0.2) is 5.69 Å². The van der Waals surface area contributed by atoms with Crippen molar-refractivity contribution in [3.05, 3.63) is 46.3 Å². The molecule has 2 amide bonds. The molecule has 1 aliphatic carbocycles. The fourth-order valence-electron chi connectivity index (χ4n) is 4.62. The van der Waals surface area contributed by atoms with Crippen molar-refractivity contribution in [1.29, 1.82) is 0 Å². The number of nitrogens with one attached hydrogen (secondary N) is 2. The van der Waals surface area contributed by atoms with E-state index in [0.717, 1.165) is 67.5 Å². The van der Waals surface area contributed by atoms with Crippen LogP contribution in [0, 0.1) is 0 Å². The number of carbonyl (C=O) groups excluding carboxylic acids is 2. The standard InChI is InChI=1S/C22H26N4O3/c27-21(19-6-3-11-29-19)23-16-8-7-14-9-10-26(13-15(14)12-16)22(28)20-17-4-1-2-5-18(17)24-25-20/h7-8,12,19H,1-6,9-11,13H2,(H,23,27)(H,24,25). The molecule has 2 aliphatic heterocycles. The number of fused-ring (bicyclic) bond motifs is 2. The first-order chi connectivity index (χ1) is 14.2. The van der Waals surface area contributed by atoms with Crippen LogP contribution >= 0.6 is 0 Å². The lowest BCUT2D eigenvalue weighted by Gasteiger charge is -2.29. The molecule has 5 rings (SSSR count). The summed E-state index contributed by atoms with van der Waals surface area (Å²) in [6.45, 7) is 1.88. The minimum absolute atomic E-state index is 0.00356. The van der Waals surface area contributed by atoms with Crippen molar-refractivity contribution in [2.75, 3.05) is 18.5 Å². The average Bonchev–Trinajstić information content (AvgIpc) is 3.43. The maximum atomic E-state index is 13.1. The molecule has 1 unspecified atom stereocenters. The third-order valence-corrected chi connectivity index (χ3v) is 6.25. The zero-order valence-electron chi connectivity index (χ0n) is 16.5. The zero-order chi connectivity index (χ0) is 19.8. The summed E-state index contributed by atoms with van der Waals surface area (Å²) in [6.07, 6.45) is 6.33. The number of aromatic amines is 1. The molecular formula is C22H26N4O3. The minimum atomic E-state index is -0.352. The normalized spacial score (nSPS) is 20.8. The van der Waals surface area contributed by atoms with E-state index in [1.807, 2.05) is 17.0 Å². The van der Waals surface area contributed by atoms with E-state index in [4.69, 9.17) is 4.74 Å². The van der Waals surface area contributed by atoms with Gasteiger partial charge in [-0.1, -0.05) is 6.07 Å². The molecule has 1 fully saturated rings. The molecular weight excluding hydrogens is 368 g/mol. The van der Waals surface area contributed by atoms with Crippen LogP contribution in [-0.2, 0) is 35.3 Å². The highest BCUT2D eigenvalue weighted by Gasteiger charge is 2.28. The number of H-pyrrole nitrogens is 1. The number of aromatic nitrogens is 2. The molecule has 1 saturated heterocycles. The van der Waals surface area contributed by atoms with E-state index in [0.29, 0.717) is 25.4 Å². The van der Waals surface area contributed by atoms with Crippen molar-refractivity contribution in [1.82, 2.24) is 15.1 Å².